The number of benzene rings is 1. The highest BCUT2D eigenvalue weighted by Crippen LogP contribution is 2.44. The molecular weight excluding hydrogens is 273 g/mol. The van der Waals surface area contributed by atoms with Crippen LogP contribution in [0.5, 0.6) is 0 Å². The Bertz CT molecular complexity index is 514. The van der Waals surface area contributed by atoms with Crippen molar-refractivity contribution in [3.63, 3.8) is 0 Å². The van der Waals surface area contributed by atoms with Gasteiger partial charge in [0.2, 0.25) is 0 Å². The number of methoxy groups -OCH3 is 1. The van der Waals surface area contributed by atoms with Crippen molar-refractivity contribution in [2.75, 3.05) is 12.8 Å². The van der Waals surface area contributed by atoms with E-state index in [2.05, 4.69) is 0 Å². The average Bonchev–Trinajstić information content (AvgIpc) is 2.40. The van der Waals surface area contributed by atoms with Crippen LogP contribution in [0.3, 0.4) is 0 Å². The normalized spacial score (nSPS) is 18.3. The summed E-state index contributed by atoms with van der Waals surface area (Å²) < 4.78 is 4.86. The van der Waals surface area contributed by atoms with E-state index in [4.69, 9.17) is 33.7 Å². The Morgan fingerprint density at radius 3 is 2.67 bits per heavy atom. The number of anilines is 1. The second kappa shape index (κ2) is 4.98. The van der Waals surface area contributed by atoms with Gasteiger partial charge in [0, 0.05) is 0 Å². The zero-order valence-electron chi connectivity index (χ0n) is 10.3. The second-order valence-electron chi connectivity index (χ2n) is 4.53. The van der Waals surface area contributed by atoms with Crippen molar-refractivity contribution in [3.05, 3.63) is 26.7 Å². The van der Waals surface area contributed by atoms with E-state index in [0.29, 0.717) is 15.7 Å². The van der Waals surface area contributed by atoms with Crippen molar-refractivity contribution >= 4 is 34.9 Å². The molecule has 18 heavy (non-hydrogen) atoms. The molecule has 2 N–H and O–H groups in total. The van der Waals surface area contributed by atoms with Gasteiger partial charge < -0.3 is 10.5 Å². The smallest absolute Gasteiger partial charge is 0.313 e. The minimum absolute atomic E-state index is 0.240. The number of halogens is 2. The summed E-state index contributed by atoms with van der Waals surface area (Å²) in [5, 5.41) is 0.920. The maximum atomic E-state index is 11.8. The third kappa shape index (κ3) is 1.95. The molecule has 0 fully saturated rings. The first kappa shape index (κ1) is 13.5. The molecular formula is C13H15Cl2NO2. The van der Waals surface area contributed by atoms with Crippen LogP contribution in [-0.4, -0.2) is 13.1 Å². The molecule has 1 unspecified atom stereocenters. The standard InChI is InChI=1S/C13H15Cl2NO2/c1-6-9-7(11(15)12(16)10(6)14)4-3-5-8(9)13(17)18-2/h8H,3-5,16H2,1-2H3. The van der Waals surface area contributed by atoms with Crippen LogP contribution >= 0.6 is 23.2 Å². The van der Waals surface area contributed by atoms with E-state index >= 15 is 0 Å². The van der Waals surface area contributed by atoms with Crippen LogP contribution in [0.4, 0.5) is 5.69 Å². The van der Waals surface area contributed by atoms with Crippen molar-refractivity contribution < 1.29 is 9.53 Å². The Morgan fingerprint density at radius 2 is 2.06 bits per heavy atom. The lowest BCUT2D eigenvalue weighted by atomic mass is 9.80. The number of hydrogen-bond acceptors (Lipinski definition) is 3. The van der Waals surface area contributed by atoms with E-state index in [1.54, 1.807) is 0 Å². The Hall–Kier alpha value is -0.930. The summed E-state index contributed by atoms with van der Waals surface area (Å²) >= 11 is 12.4. The third-order valence-corrected chi connectivity index (χ3v) is 4.47. The predicted octanol–water partition coefficient (Wildman–Crippen LogP) is 3.48. The first-order chi connectivity index (χ1) is 8.49. The highest BCUT2D eigenvalue weighted by Gasteiger charge is 2.32. The topological polar surface area (TPSA) is 52.3 Å². The van der Waals surface area contributed by atoms with Gasteiger partial charge in [-0.25, -0.2) is 0 Å². The quantitative estimate of drug-likeness (QED) is 0.636. The van der Waals surface area contributed by atoms with Crippen molar-refractivity contribution in [1.82, 2.24) is 0 Å². The summed E-state index contributed by atoms with van der Waals surface area (Å²) in [6, 6.07) is 0. The van der Waals surface area contributed by atoms with Gasteiger partial charge in [0.25, 0.3) is 0 Å². The van der Waals surface area contributed by atoms with Crippen molar-refractivity contribution in [2.45, 2.75) is 32.1 Å². The Kier molecular flexibility index (Phi) is 3.74. The van der Waals surface area contributed by atoms with Crippen LogP contribution in [0.2, 0.25) is 10.0 Å². The number of carbonyl (C=O) groups excluding carboxylic acids is 1. The van der Waals surface area contributed by atoms with Gasteiger partial charge in [-0.2, -0.15) is 0 Å². The molecule has 0 heterocycles. The average molecular weight is 288 g/mol. The van der Waals surface area contributed by atoms with Crippen LogP contribution in [0.25, 0.3) is 0 Å². The number of carbonyl (C=O) groups is 1. The van der Waals surface area contributed by atoms with Gasteiger partial charge in [-0.1, -0.05) is 23.2 Å². The summed E-state index contributed by atoms with van der Waals surface area (Å²) in [6.45, 7) is 1.87. The number of fused-ring (bicyclic) bond motifs is 1. The Morgan fingerprint density at radius 1 is 1.39 bits per heavy atom. The second-order valence-corrected chi connectivity index (χ2v) is 5.28. The lowest BCUT2D eigenvalue weighted by Gasteiger charge is -2.27. The first-order valence-electron chi connectivity index (χ1n) is 5.82. The van der Waals surface area contributed by atoms with Gasteiger partial charge in [0.05, 0.1) is 28.8 Å². The molecule has 1 aliphatic rings. The van der Waals surface area contributed by atoms with E-state index < -0.39 is 0 Å². The van der Waals surface area contributed by atoms with E-state index in [0.717, 1.165) is 36.0 Å². The Labute approximate surface area is 116 Å². The minimum Gasteiger partial charge on any atom is -0.469 e. The lowest BCUT2D eigenvalue weighted by molar-refractivity contribution is -0.142. The van der Waals surface area contributed by atoms with Gasteiger partial charge >= 0.3 is 5.97 Å². The van der Waals surface area contributed by atoms with E-state index in [1.165, 1.54) is 7.11 Å². The molecule has 0 amide bonds. The Balaban J connectivity index is 2.67. The molecule has 0 spiro atoms. The SMILES string of the molecule is COC(=O)C1CCCc2c(Cl)c(N)c(Cl)c(C)c21. The third-order valence-electron chi connectivity index (χ3n) is 3.55. The molecule has 1 aromatic carbocycles. The van der Waals surface area contributed by atoms with Gasteiger partial charge in [0.15, 0.2) is 0 Å². The van der Waals surface area contributed by atoms with Gasteiger partial charge in [-0.3, -0.25) is 4.79 Å². The highest BCUT2D eigenvalue weighted by atomic mass is 35.5. The minimum atomic E-state index is -0.283. The summed E-state index contributed by atoms with van der Waals surface area (Å²) in [5.41, 5.74) is 8.96. The number of rotatable bonds is 1. The molecule has 1 aromatic rings. The number of esters is 1. The number of nitrogen functional groups attached to an aromatic ring is 1. The van der Waals surface area contributed by atoms with Crippen LogP contribution in [-0.2, 0) is 16.0 Å². The molecule has 0 aliphatic heterocycles. The molecule has 0 saturated carbocycles. The van der Waals surface area contributed by atoms with Gasteiger partial charge in [-0.15, -0.1) is 0 Å². The van der Waals surface area contributed by atoms with E-state index in [1.807, 2.05) is 6.92 Å². The molecule has 1 atom stereocenters. The molecule has 1 aliphatic carbocycles. The van der Waals surface area contributed by atoms with Crippen LogP contribution in [0, 0.1) is 6.92 Å². The molecule has 2 rings (SSSR count). The summed E-state index contributed by atoms with van der Waals surface area (Å²) in [5.74, 6) is -0.523. The van der Waals surface area contributed by atoms with E-state index in [-0.39, 0.29) is 11.9 Å². The largest absolute Gasteiger partial charge is 0.469 e. The molecule has 0 aromatic heterocycles. The predicted molar refractivity (Wildman–Crippen MR) is 73.3 cm³/mol. The van der Waals surface area contributed by atoms with Crippen molar-refractivity contribution in [2.24, 2.45) is 0 Å². The summed E-state index contributed by atoms with van der Waals surface area (Å²) in [6.07, 6.45) is 2.48. The monoisotopic (exact) mass is 287 g/mol. The molecule has 98 valence electrons. The zero-order valence-corrected chi connectivity index (χ0v) is 11.9. The van der Waals surface area contributed by atoms with Gasteiger partial charge in [-0.05, 0) is 42.9 Å². The first-order valence-corrected chi connectivity index (χ1v) is 6.58. The highest BCUT2D eigenvalue weighted by molar-refractivity contribution is 6.40. The zero-order chi connectivity index (χ0) is 13.4. The van der Waals surface area contributed by atoms with Crippen LogP contribution in [0.1, 0.15) is 35.4 Å². The van der Waals surface area contributed by atoms with Gasteiger partial charge in [0.1, 0.15) is 0 Å². The fraction of sp³-hybridized carbons (Fsp3) is 0.462. The summed E-state index contributed by atoms with van der Waals surface area (Å²) in [7, 11) is 1.40. The lowest BCUT2D eigenvalue weighted by Crippen LogP contribution is -2.22. The molecule has 0 bridgehead atoms. The summed E-state index contributed by atoms with van der Waals surface area (Å²) in [4.78, 5) is 11.8. The molecule has 0 saturated heterocycles. The maximum absolute atomic E-state index is 11.8. The van der Waals surface area contributed by atoms with Crippen molar-refractivity contribution in [3.8, 4) is 0 Å². The fourth-order valence-electron chi connectivity index (χ4n) is 2.65. The van der Waals surface area contributed by atoms with Crippen molar-refractivity contribution in [1.29, 1.82) is 0 Å². The molecule has 0 radical (unpaired) electrons. The number of ether oxygens (including phenoxy) is 1. The number of nitrogens with two attached hydrogens (primary N) is 1. The number of hydrogen-bond donors (Lipinski definition) is 1. The molecule has 3 nitrogen and oxygen atoms in total. The van der Waals surface area contributed by atoms with Crippen LogP contribution < -0.4 is 5.73 Å². The van der Waals surface area contributed by atoms with Crippen LogP contribution in [0.15, 0.2) is 0 Å². The maximum Gasteiger partial charge on any atom is 0.313 e. The fourth-order valence-corrected chi connectivity index (χ4v) is 3.18. The molecule has 5 heteroatoms. The van der Waals surface area contributed by atoms with E-state index in [9.17, 15) is 4.79 Å².